The summed E-state index contributed by atoms with van der Waals surface area (Å²) >= 11 is 3.34. The van der Waals surface area contributed by atoms with E-state index < -0.39 is 11.7 Å². The molecule has 1 aliphatic heterocycles. The van der Waals surface area contributed by atoms with Crippen molar-refractivity contribution in [3.8, 4) is 5.75 Å². The first-order chi connectivity index (χ1) is 12.7. The van der Waals surface area contributed by atoms with Gasteiger partial charge in [0.15, 0.2) is 0 Å². The third kappa shape index (κ3) is 4.26. The summed E-state index contributed by atoms with van der Waals surface area (Å²) in [5, 5.41) is 0. The molecule has 0 fully saturated rings. The molecule has 1 atom stereocenters. The lowest BCUT2D eigenvalue weighted by Gasteiger charge is -2.38. The van der Waals surface area contributed by atoms with Crippen molar-refractivity contribution in [2.45, 2.75) is 45.3 Å². The minimum atomic E-state index is -0.655. The van der Waals surface area contributed by atoms with Crippen LogP contribution in [0.4, 0.5) is 14.9 Å². The number of hydrogen-bond donors (Lipinski definition) is 0. The van der Waals surface area contributed by atoms with Crippen molar-refractivity contribution in [1.82, 2.24) is 0 Å². The number of rotatable bonds is 2. The van der Waals surface area contributed by atoms with E-state index in [1.54, 1.807) is 18.1 Å². The Morgan fingerprint density at radius 3 is 2.67 bits per heavy atom. The SMILES string of the molecule is COc1cccc(C2CCc3c(F)cc(Br)cc3N2C(=O)OC(C)(C)C)c1. The Hall–Kier alpha value is -2.08. The van der Waals surface area contributed by atoms with Gasteiger partial charge >= 0.3 is 6.09 Å². The number of benzene rings is 2. The number of halogens is 2. The molecule has 1 aliphatic rings. The molecule has 2 aromatic rings. The maximum absolute atomic E-state index is 14.5. The molecule has 0 saturated carbocycles. The fraction of sp³-hybridized carbons (Fsp3) is 0.381. The molecular weight excluding hydrogens is 413 g/mol. The van der Waals surface area contributed by atoms with Gasteiger partial charge in [-0.1, -0.05) is 28.1 Å². The van der Waals surface area contributed by atoms with Gasteiger partial charge in [0.2, 0.25) is 0 Å². The molecule has 0 aliphatic carbocycles. The van der Waals surface area contributed by atoms with Gasteiger partial charge in [-0.3, -0.25) is 4.90 Å². The molecule has 27 heavy (non-hydrogen) atoms. The molecule has 6 heteroatoms. The van der Waals surface area contributed by atoms with E-state index >= 15 is 0 Å². The highest BCUT2D eigenvalue weighted by atomic mass is 79.9. The van der Waals surface area contributed by atoms with Gasteiger partial charge in [-0.15, -0.1) is 0 Å². The van der Waals surface area contributed by atoms with Crippen LogP contribution in [0.2, 0.25) is 0 Å². The quantitative estimate of drug-likeness (QED) is 0.578. The number of ether oxygens (including phenoxy) is 2. The molecule has 4 nitrogen and oxygen atoms in total. The van der Waals surface area contributed by atoms with Crippen LogP contribution >= 0.6 is 15.9 Å². The summed E-state index contributed by atoms with van der Waals surface area (Å²) in [5.74, 6) is 0.389. The zero-order valence-corrected chi connectivity index (χ0v) is 17.5. The lowest BCUT2D eigenvalue weighted by Crippen LogP contribution is -2.42. The van der Waals surface area contributed by atoms with Crippen molar-refractivity contribution in [2.24, 2.45) is 0 Å². The van der Waals surface area contributed by atoms with Crippen LogP contribution in [0, 0.1) is 5.82 Å². The lowest BCUT2D eigenvalue weighted by atomic mass is 9.91. The highest BCUT2D eigenvalue weighted by Crippen LogP contribution is 2.42. The lowest BCUT2D eigenvalue weighted by molar-refractivity contribution is 0.0559. The summed E-state index contributed by atoms with van der Waals surface area (Å²) < 4.78 is 26.1. The van der Waals surface area contributed by atoms with Crippen molar-refractivity contribution in [3.63, 3.8) is 0 Å². The zero-order chi connectivity index (χ0) is 19.8. The van der Waals surface area contributed by atoms with Gasteiger partial charge in [0.05, 0.1) is 18.8 Å². The van der Waals surface area contributed by atoms with Crippen LogP contribution in [-0.2, 0) is 11.2 Å². The van der Waals surface area contributed by atoms with Gasteiger partial charge in [-0.05, 0) is 63.4 Å². The monoisotopic (exact) mass is 435 g/mol. The highest BCUT2D eigenvalue weighted by molar-refractivity contribution is 9.10. The number of carbonyl (C=O) groups is 1. The fourth-order valence-corrected chi connectivity index (χ4v) is 3.75. The fourth-order valence-electron chi connectivity index (χ4n) is 3.33. The summed E-state index contributed by atoms with van der Waals surface area (Å²) in [4.78, 5) is 14.6. The van der Waals surface area contributed by atoms with E-state index in [-0.39, 0.29) is 11.9 Å². The van der Waals surface area contributed by atoms with Gasteiger partial charge in [-0.25, -0.2) is 9.18 Å². The molecule has 0 saturated heterocycles. The zero-order valence-electron chi connectivity index (χ0n) is 15.9. The van der Waals surface area contributed by atoms with Crippen LogP contribution in [0.1, 0.15) is 44.4 Å². The molecule has 0 bridgehead atoms. The average molecular weight is 436 g/mol. The van der Waals surface area contributed by atoms with E-state index in [4.69, 9.17) is 9.47 Å². The average Bonchev–Trinajstić information content (AvgIpc) is 2.59. The summed E-state index contributed by atoms with van der Waals surface area (Å²) in [7, 11) is 1.60. The smallest absolute Gasteiger partial charge is 0.415 e. The third-order valence-corrected chi connectivity index (χ3v) is 4.90. The Morgan fingerprint density at radius 1 is 1.26 bits per heavy atom. The first-order valence-corrected chi connectivity index (χ1v) is 9.63. The Morgan fingerprint density at radius 2 is 2.00 bits per heavy atom. The maximum atomic E-state index is 14.5. The molecule has 2 aromatic carbocycles. The van der Waals surface area contributed by atoms with Crippen molar-refractivity contribution in [2.75, 3.05) is 12.0 Å². The number of methoxy groups -OCH3 is 1. The van der Waals surface area contributed by atoms with Crippen molar-refractivity contribution >= 4 is 27.7 Å². The van der Waals surface area contributed by atoms with Crippen LogP contribution in [-0.4, -0.2) is 18.8 Å². The van der Waals surface area contributed by atoms with E-state index in [0.717, 1.165) is 5.56 Å². The van der Waals surface area contributed by atoms with E-state index in [1.807, 2.05) is 45.0 Å². The maximum Gasteiger partial charge on any atom is 0.415 e. The Bertz CT molecular complexity index is 863. The number of nitrogens with zero attached hydrogens (tertiary/aromatic N) is 1. The van der Waals surface area contributed by atoms with Crippen molar-refractivity contribution in [3.05, 3.63) is 57.8 Å². The van der Waals surface area contributed by atoms with Crippen LogP contribution in [0.25, 0.3) is 0 Å². The van der Waals surface area contributed by atoms with E-state index in [0.29, 0.717) is 34.3 Å². The van der Waals surface area contributed by atoms with Crippen molar-refractivity contribution in [1.29, 1.82) is 0 Å². The molecule has 0 aromatic heterocycles. The number of amides is 1. The summed E-state index contributed by atoms with van der Waals surface area (Å²) in [6, 6.07) is 10.5. The van der Waals surface area contributed by atoms with E-state index in [9.17, 15) is 9.18 Å². The second-order valence-corrected chi connectivity index (χ2v) is 8.48. The molecule has 0 spiro atoms. The Kier molecular flexibility index (Phi) is 5.47. The van der Waals surface area contributed by atoms with E-state index in [1.165, 1.54) is 6.07 Å². The second-order valence-electron chi connectivity index (χ2n) is 7.57. The number of carbonyl (C=O) groups excluding carboxylic acids is 1. The van der Waals surface area contributed by atoms with Crippen LogP contribution in [0.15, 0.2) is 40.9 Å². The number of anilines is 1. The Labute approximate surface area is 167 Å². The van der Waals surface area contributed by atoms with Crippen molar-refractivity contribution < 1.29 is 18.7 Å². The van der Waals surface area contributed by atoms with Crippen LogP contribution in [0.5, 0.6) is 5.75 Å². The van der Waals surface area contributed by atoms with Gasteiger partial charge < -0.3 is 9.47 Å². The number of hydrogen-bond acceptors (Lipinski definition) is 3. The summed E-state index contributed by atoms with van der Waals surface area (Å²) in [5.41, 5.74) is 1.34. The minimum Gasteiger partial charge on any atom is -0.497 e. The van der Waals surface area contributed by atoms with E-state index in [2.05, 4.69) is 15.9 Å². The predicted octanol–water partition coefficient (Wildman–Crippen LogP) is 6.03. The molecule has 1 unspecified atom stereocenters. The standard InChI is InChI=1S/C21H23BrFNO3/c1-21(2,3)27-20(25)24-18(13-6-5-7-15(10-13)26-4)9-8-16-17(23)11-14(22)12-19(16)24/h5-7,10-12,18H,8-9H2,1-4H3. The molecule has 0 radical (unpaired) electrons. The second kappa shape index (κ2) is 7.50. The molecule has 0 N–H and O–H groups in total. The van der Waals surface area contributed by atoms with Crippen LogP contribution < -0.4 is 9.64 Å². The largest absolute Gasteiger partial charge is 0.497 e. The molecule has 1 amide bonds. The molecule has 1 heterocycles. The minimum absolute atomic E-state index is 0.267. The highest BCUT2D eigenvalue weighted by Gasteiger charge is 2.36. The van der Waals surface area contributed by atoms with Crippen LogP contribution in [0.3, 0.4) is 0 Å². The first-order valence-electron chi connectivity index (χ1n) is 8.83. The third-order valence-electron chi connectivity index (χ3n) is 4.44. The molecule has 144 valence electrons. The van der Waals surface area contributed by atoms with Gasteiger partial charge in [0, 0.05) is 10.0 Å². The summed E-state index contributed by atoms with van der Waals surface area (Å²) in [6.45, 7) is 5.45. The summed E-state index contributed by atoms with van der Waals surface area (Å²) in [6.07, 6.45) is 0.641. The molecule has 3 rings (SSSR count). The Balaban J connectivity index is 2.11. The topological polar surface area (TPSA) is 38.8 Å². The van der Waals surface area contributed by atoms with Gasteiger partial charge in [0.1, 0.15) is 17.2 Å². The predicted molar refractivity (Wildman–Crippen MR) is 107 cm³/mol. The van der Waals surface area contributed by atoms with Gasteiger partial charge in [-0.2, -0.15) is 0 Å². The van der Waals surface area contributed by atoms with Gasteiger partial charge in [0.25, 0.3) is 0 Å². The number of fused-ring (bicyclic) bond motifs is 1. The molecular formula is C21H23BrFNO3. The normalized spacial score (nSPS) is 16.7. The first kappa shape index (κ1) is 19.7.